The molecule has 0 saturated heterocycles. The molecule has 0 aliphatic carbocycles. The molecule has 0 amide bonds. The fourth-order valence-electron chi connectivity index (χ4n) is 4.16. The maximum Gasteiger partial charge on any atom is 1.00 e. The summed E-state index contributed by atoms with van der Waals surface area (Å²) in [5.41, 5.74) is 0. The fraction of sp³-hybridized carbons (Fsp3) is 0.722. The van der Waals surface area contributed by atoms with Crippen LogP contribution in [0.3, 0.4) is 0 Å². The summed E-state index contributed by atoms with van der Waals surface area (Å²) < 4.78 is 0. The molecule has 0 saturated carbocycles. The van der Waals surface area contributed by atoms with Crippen molar-refractivity contribution < 1.29 is 57.5 Å². The minimum absolute atomic E-state index is 0. The van der Waals surface area contributed by atoms with Gasteiger partial charge in [0.25, 0.3) is 0 Å². The summed E-state index contributed by atoms with van der Waals surface area (Å²) >= 11 is 0. The van der Waals surface area contributed by atoms with Gasteiger partial charge in [-0.05, 0) is 89.9 Å². The number of carbonyl (C=O) groups excluding carboxylic acids is 2. The second-order valence-corrected chi connectivity index (χ2v) is 10.7. The molecule has 0 aromatic carbocycles. The summed E-state index contributed by atoms with van der Waals surface area (Å²) in [7, 11) is 0. The van der Waals surface area contributed by atoms with E-state index in [-0.39, 0.29) is 50.6 Å². The van der Waals surface area contributed by atoms with Gasteiger partial charge in [-0.3, -0.25) is 0 Å². The summed E-state index contributed by atoms with van der Waals surface area (Å²) in [6, 6.07) is 0. The van der Waals surface area contributed by atoms with Crippen LogP contribution in [0.15, 0.2) is 48.6 Å². The van der Waals surface area contributed by atoms with Gasteiger partial charge in [0.15, 0.2) is 0 Å². The molecule has 0 aliphatic rings. The number of aliphatic carboxylic acids is 2. The Morgan fingerprint density at radius 3 is 0.952 bits per heavy atom. The normalized spacial score (nSPS) is 11.1. The van der Waals surface area contributed by atoms with Crippen LogP contribution in [0.25, 0.3) is 0 Å². The van der Waals surface area contributed by atoms with Crippen LogP contribution in [0.1, 0.15) is 168 Å². The monoisotopic (exact) mass is 572 g/mol. The van der Waals surface area contributed by atoms with E-state index in [1.165, 1.54) is 77.0 Å². The second-order valence-electron chi connectivity index (χ2n) is 10.7. The molecule has 0 unspecified atom stereocenters. The Bertz CT molecular complexity index is 601. The largest absolute Gasteiger partial charge is 1.00 e. The van der Waals surface area contributed by atoms with Crippen molar-refractivity contribution in [2.45, 2.75) is 168 Å². The van der Waals surface area contributed by atoms with Crippen molar-refractivity contribution in [3.05, 3.63) is 48.6 Å². The van der Waals surface area contributed by atoms with Crippen LogP contribution >= 0.6 is 0 Å². The molecule has 0 aliphatic heterocycles. The fourth-order valence-corrected chi connectivity index (χ4v) is 4.16. The summed E-state index contributed by atoms with van der Waals surface area (Å²) in [5.74, 6) is -1.84. The predicted molar refractivity (Wildman–Crippen MR) is 169 cm³/mol. The molecular weight excluding hydrogens is 510 g/mol. The van der Waals surface area contributed by atoms with Gasteiger partial charge in [0.1, 0.15) is 0 Å². The van der Waals surface area contributed by atoms with E-state index >= 15 is 0 Å². The van der Waals surface area contributed by atoms with Crippen LogP contribution in [0.2, 0.25) is 0 Å². The Balaban J connectivity index is -0.000000328. The molecule has 0 fully saturated rings. The maximum absolute atomic E-state index is 10.2. The average molecular weight is 573 g/mol. The van der Waals surface area contributed by atoms with Crippen LogP contribution in [0.5, 0.6) is 0 Å². The molecule has 4 nitrogen and oxygen atoms in total. The van der Waals surface area contributed by atoms with Crippen molar-refractivity contribution in [1.82, 2.24) is 0 Å². The topological polar surface area (TPSA) is 80.3 Å². The first-order valence-corrected chi connectivity index (χ1v) is 16.5. The molecule has 0 heterocycles. The van der Waals surface area contributed by atoms with E-state index in [2.05, 4.69) is 62.5 Å². The standard InChI is InChI=1S/2C18H32O2.2Li/c2*1-2-3-4-5-6-7-8-9-10-11-12-13-14-15-16-17-18(19)20;;/h2*6-7,9-10H,2-5,8,11-17H2,1H3,(H,19,20);;/q;;2*+1/p-2/b2*7-6-,10-9-;;. The zero-order valence-electron chi connectivity index (χ0n) is 28.2. The summed E-state index contributed by atoms with van der Waals surface area (Å²) in [4.78, 5) is 20.4. The van der Waals surface area contributed by atoms with Gasteiger partial charge in [0.2, 0.25) is 0 Å². The molecule has 42 heavy (non-hydrogen) atoms. The van der Waals surface area contributed by atoms with Crippen molar-refractivity contribution in [3.8, 4) is 0 Å². The van der Waals surface area contributed by atoms with Gasteiger partial charge in [-0.2, -0.15) is 0 Å². The van der Waals surface area contributed by atoms with E-state index in [0.29, 0.717) is 0 Å². The van der Waals surface area contributed by atoms with Gasteiger partial charge in [0.05, 0.1) is 0 Å². The number of rotatable bonds is 28. The Labute approximate surface area is 284 Å². The number of hydrogen-bond donors (Lipinski definition) is 0. The van der Waals surface area contributed by atoms with Crippen LogP contribution in [0, 0.1) is 0 Å². The van der Waals surface area contributed by atoms with Crippen molar-refractivity contribution in [3.63, 3.8) is 0 Å². The van der Waals surface area contributed by atoms with E-state index < -0.39 is 11.9 Å². The number of allylic oxidation sites excluding steroid dienone is 8. The quantitative estimate of drug-likeness (QED) is 0.0820. The van der Waals surface area contributed by atoms with Gasteiger partial charge in [-0.1, -0.05) is 127 Å². The van der Waals surface area contributed by atoms with Crippen LogP contribution in [-0.4, -0.2) is 11.9 Å². The Morgan fingerprint density at radius 2 is 0.667 bits per heavy atom. The van der Waals surface area contributed by atoms with Crippen molar-refractivity contribution in [2.75, 3.05) is 0 Å². The molecule has 0 bridgehead atoms. The molecule has 0 N–H and O–H groups in total. The molecule has 0 aromatic heterocycles. The molecule has 6 heteroatoms. The minimum Gasteiger partial charge on any atom is -0.550 e. The van der Waals surface area contributed by atoms with Crippen molar-refractivity contribution in [1.29, 1.82) is 0 Å². The number of hydrogen-bond acceptors (Lipinski definition) is 4. The summed E-state index contributed by atoms with van der Waals surface area (Å²) in [6.07, 6.45) is 43.9. The average Bonchev–Trinajstić information content (AvgIpc) is 2.93. The third kappa shape index (κ3) is 51.8. The summed E-state index contributed by atoms with van der Waals surface area (Å²) in [6.45, 7) is 4.46. The second kappa shape index (κ2) is 44.5. The van der Waals surface area contributed by atoms with Crippen LogP contribution in [-0.2, 0) is 9.59 Å². The van der Waals surface area contributed by atoms with Gasteiger partial charge in [-0.15, -0.1) is 0 Å². The first-order valence-electron chi connectivity index (χ1n) is 16.5. The molecule has 0 rings (SSSR count). The van der Waals surface area contributed by atoms with Gasteiger partial charge in [-0.25, -0.2) is 0 Å². The maximum atomic E-state index is 10.2. The molecular formula is C36H62Li2O4. The SMILES string of the molecule is CCCCC/C=C\C/C=C\CCCCCCCC(=O)[O-].CCCCC/C=C\C/C=C\CCCCCCCC(=O)[O-].[Li+].[Li+]. The first kappa shape index (κ1) is 48.0. The minimum atomic E-state index is -0.921. The third-order valence-corrected chi connectivity index (χ3v) is 6.66. The molecule has 232 valence electrons. The van der Waals surface area contributed by atoms with E-state index in [4.69, 9.17) is 0 Å². The van der Waals surface area contributed by atoms with Crippen LogP contribution < -0.4 is 47.9 Å². The number of carbonyl (C=O) groups is 2. The van der Waals surface area contributed by atoms with Crippen molar-refractivity contribution >= 4 is 11.9 Å². The van der Waals surface area contributed by atoms with Crippen LogP contribution in [0.4, 0.5) is 0 Å². The first-order chi connectivity index (χ1) is 19.5. The zero-order valence-corrected chi connectivity index (χ0v) is 28.2. The van der Waals surface area contributed by atoms with E-state index in [1.807, 2.05) is 0 Å². The molecule has 0 aromatic rings. The number of unbranched alkanes of at least 4 members (excludes halogenated alkanes) is 16. The molecule has 0 spiro atoms. The Hall–Kier alpha value is -0.905. The molecule has 0 radical (unpaired) electrons. The Morgan fingerprint density at radius 1 is 0.405 bits per heavy atom. The van der Waals surface area contributed by atoms with E-state index in [9.17, 15) is 19.8 Å². The number of carboxylic acid groups (broad SMARTS) is 2. The van der Waals surface area contributed by atoms with Gasteiger partial charge >= 0.3 is 37.7 Å². The third-order valence-electron chi connectivity index (χ3n) is 6.66. The van der Waals surface area contributed by atoms with E-state index in [0.717, 1.165) is 64.2 Å². The van der Waals surface area contributed by atoms with Gasteiger partial charge in [0, 0.05) is 11.9 Å². The Kier molecular flexibility index (Phi) is 50.9. The van der Waals surface area contributed by atoms with Crippen molar-refractivity contribution in [2.24, 2.45) is 0 Å². The zero-order chi connectivity index (χ0) is 29.8. The predicted octanol–water partition coefficient (Wildman–Crippen LogP) is 3.11. The molecule has 0 atom stereocenters. The van der Waals surface area contributed by atoms with E-state index in [1.54, 1.807) is 0 Å². The summed E-state index contributed by atoms with van der Waals surface area (Å²) in [5, 5.41) is 20.4. The smallest absolute Gasteiger partial charge is 0.550 e. The van der Waals surface area contributed by atoms with Gasteiger partial charge < -0.3 is 19.8 Å². The number of carboxylic acids is 2.